The van der Waals surface area contributed by atoms with E-state index in [1.807, 2.05) is 6.07 Å². The van der Waals surface area contributed by atoms with Crippen molar-refractivity contribution in [3.05, 3.63) is 29.8 Å². The molecule has 2 N–H and O–H groups in total. The summed E-state index contributed by atoms with van der Waals surface area (Å²) in [6, 6.07) is 8.15. The fourth-order valence-electron chi connectivity index (χ4n) is 2.01. The highest BCUT2D eigenvalue weighted by Crippen LogP contribution is 2.13. The minimum Gasteiger partial charge on any atom is -0.480 e. The van der Waals surface area contributed by atoms with Crippen LogP contribution in [0.25, 0.3) is 0 Å². The van der Waals surface area contributed by atoms with Gasteiger partial charge in [0, 0.05) is 13.0 Å². The summed E-state index contributed by atoms with van der Waals surface area (Å²) >= 11 is 0. The SMILES string of the molecule is CCC(C(=O)O)N(C)CCC(=O)Nc1ccccc1C#N. The molecule has 0 aliphatic carbocycles. The molecule has 112 valence electrons. The third-order valence-electron chi connectivity index (χ3n) is 3.22. The zero-order chi connectivity index (χ0) is 15.8. The number of anilines is 1. The van der Waals surface area contributed by atoms with Gasteiger partial charge in [-0.3, -0.25) is 14.5 Å². The summed E-state index contributed by atoms with van der Waals surface area (Å²) in [5.74, 6) is -1.14. The normalized spacial score (nSPS) is 11.7. The lowest BCUT2D eigenvalue weighted by atomic mass is 10.2. The van der Waals surface area contributed by atoms with E-state index >= 15 is 0 Å². The maximum absolute atomic E-state index is 11.9. The van der Waals surface area contributed by atoms with E-state index in [4.69, 9.17) is 10.4 Å². The Bertz CT molecular complexity index is 551. The molecule has 1 aromatic carbocycles. The number of para-hydroxylation sites is 1. The van der Waals surface area contributed by atoms with Gasteiger partial charge in [-0.15, -0.1) is 0 Å². The molecule has 0 aliphatic heterocycles. The summed E-state index contributed by atoms with van der Waals surface area (Å²) < 4.78 is 0. The van der Waals surface area contributed by atoms with E-state index in [1.165, 1.54) is 0 Å². The van der Waals surface area contributed by atoms with E-state index in [9.17, 15) is 9.59 Å². The molecule has 1 aromatic rings. The van der Waals surface area contributed by atoms with Crippen LogP contribution in [0.15, 0.2) is 24.3 Å². The number of rotatable bonds is 7. The van der Waals surface area contributed by atoms with Gasteiger partial charge in [0.15, 0.2) is 0 Å². The van der Waals surface area contributed by atoms with Crippen LogP contribution in [-0.2, 0) is 9.59 Å². The maximum atomic E-state index is 11.9. The van der Waals surface area contributed by atoms with Gasteiger partial charge in [0.2, 0.25) is 5.91 Å². The van der Waals surface area contributed by atoms with E-state index in [1.54, 1.807) is 43.1 Å². The molecule has 1 rings (SSSR count). The number of nitrogens with one attached hydrogen (secondary N) is 1. The Hall–Kier alpha value is -2.39. The first-order valence-electron chi connectivity index (χ1n) is 6.71. The van der Waals surface area contributed by atoms with E-state index < -0.39 is 12.0 Å². The molecule has 0 bridgehead atoms. The predicted molar refractivity (Wildman–Crippen MR) is 78.7 cm³/mol. The Morgan fingerprint density at radius 1 is 1.43 bits per heavy atom. The minimum absolute atomic E-state index is 0.167. The van der Waals surface area contributed by atoms with Crippen LogP contribution in [0.3, 0.4) is 0 Å². The Morgan fingerprint density at radius 3 is 2.67 bits per heavy atom. The molecule has 0 heterocycles. The Morgan fingerprint density at radius 2 is 2.10 bits per heavy atom. The predicted octanol–water partition coefficient (Wildman–Crippen LogP) is 1.68. The van der Waals surface area contributed by atoms with Crippen LogP contribution >= 0.6 is 0 Å². The highest BCUT2D eigenvalue weighted by atomic mass is 16.4. The monoisotopic (exact) mass is 289 g/mol. The number of nitriles is 1. The fraction of sp³-hybridized carbons (Fsp3) is 0.400. The number of carboxylic acids is 1. The molecule has 1 amide bonds. The number of carbonyl (C=O) groups is 2. The number of likely N-dealkylation sites (N-methyl/N-ethyl adjacent to an activating group) is 1. The number of aliphatic carboxylic acids is 1. The third kappa shape index (κ3) is 4.89. The molecule has 0 spiro atoms. The Balaban J connectivity index is 2.55. The molecule has 0 saturated heterocycles. The quantitative estimate of drug-likeness (QED) is 0.796. The lowest BCUT2D eigenvalue weighted by Crippen LogP contribution is -2.39. The lowest BCUT2D eigenvalue weighted by Gasteiger charge is -2.23. The smallest absolute Gasteiger partial charge is 0.320 e. The van der Waals surface area contributed by atoms with Crippen molar-refractivity contribution in [1.29, 1.82) is 5.26 Å². The van der Waals surface area contributed by atoms with Crippen molar-refractivity contribution >= 4 is 17.6 Å². The van der Waals surface area contributed by atoms with Gasteiger partial charge in [0.25, 0.3) is 0 Å². The fourth-order valence-corrected chi connectivity index (χ4v) is 2.01. The number of carbonyl (C=O) groups excluding carboxylic acids is 1. The summed E-state index contributed by atoms with van der Waals surface area (Å²) in [6.45, 7) is 2.13. The molecular formula is C15H19N3O3. The van der Waals surface area contributed by atoms with Crippen LogP contribution < -0.4 is 5.32 Å². The summed E-state index contributed by atoms with van der Waals surface area (Å²) in [5.41, 5.74) is 0.870. The average Bonchev–Trinajstić information content (AvgIpc) is 2.46. The zero-order valence-electron chi connectivity index (χ0n) is 12.2. The van der Waals surface area contributed by atoms with Crippen LogP contribution in [0.4, 0.5) is 5.69 Å². The van der Waals surface area contributed by atoms with Crippen molar-refractivity contribution in [3.8, 4) is 6.07 Å². The first-order chi connectivity index (χ1) is 9.99. The number of carboxylic acid groups (broad SMARTS) is 1. The summed E-state index contributed by atoms with van der Waals surface area (Å²) in [6.07, 6.45) is 0.644. The van der Waals surface area contributed by atoms with E-state index in [-0.39, 0.29) is 12.3 Å². The second-order valence-electron chi connectivity index (χ2n) is 4.70. The first kappa shape index (κ1) is 16.7. The van der Waals surface area contributed by atoms with Gasteiger partial charge < -0.3 is 10.4 Å². The Kier molecular flexibility index (Phi) is 6.37. The van der Waals surface area contributed by atoms with Crippen LogP contribution in [-0.4, -0.2) is 41.5 Å². The Labute approximate surface area is 124 Å². The maximum Gasteiger partial charge on any atom is 0.320 e. The van der Waals surface area contributed by atoms with Crippen LogP contribution in [0.5, 0.6) is 0 Å². The molecule has 21 heavy (non-hydrogen) atoms. The van der Waals surface area contributed by atoms with E-state index in [2.05, 4.69) is 5.32 Å². The van der Waals surface area contributed by atoms with Crippen molar-refractivity contribution in [2.24, 2.45) is 0 Å². The molecule has 1 atom stereocenters. The molecule has 0 radical (unpaired) electrons. The van der Waals surface area contributed by atoms with Gasteiger partial charge in [-0.2, -0.15) is 5.26 Å². The van der Waals surface area contributed by atoms with Crippen molar-refractivity contribution in [1.82, 2.24) is 4.90 Å². The second-order valence-corrected chi connectivity index (χ2v) is 4.70. The van der Waals surface area contributed by atoms with Crippen molar-refractivity contribution in [3.63, 3.8) is 0 Å². The summed E-state index contributed by atoms with van der Waals surface area (Å²) in [7, 11) is 1.68. The van der Waals surface area contributed by atoms with Crippen molar-refractivity contribution in [2.45, 2.75) is 25.8 Å². The van der Waals surface area contributed by atoms with Gasteiger partial charge in [-0.05, 0) is 25.6 Å². The van der Waals surface area contributed by atoms with E-state index in [0.717, 1.165) is 0 Å². The topological polar surface area (TPSA) is 93.4 Å². The number of amides is 1. The average molecular weight is 289 g/mol. The first-order valence-corrected chi connectivity index (χ1v) is 6.71. The summed E-state index contributed by atoms with van der Waals surface area (Å²) in [5, 5.41) is 20.6. The van der Waals surface area contributed by atoms with E-state index in [0.29, 0.717) is 24.2 Å². The number of hydrogen-bond acceptors (Lipinski definition) is 4. The molecule has 0 saturated carbocycles. The number of hydrogen-bond donors (Lipinski definition) is 2. The highest BCUT2D eigenvalue weighted by Gasteiger charge is 2.20. The lowest BCUT2D eigenvalue weighted by molar-refractivity contribution is -0.143. The van der Waals surface area contributed by atoms with Crippen LogP contribution in [0.2, 0.25) is 0 Å². The van der Waals surface area contributed by atoms with Crippen molar-refractivity contribution < 1.29 is 14.7 Å². The largest absolute Gasteiger partial charge is 0.480 e. The molecule has 6 nitrogen and oxygen atoms in total. The number of benzene rings is 1. The molecular weight excluding hydrogens is 270 g/mol. The molecule has 0 aliphatic rings. The standard InChI is InChI=1S/C15H19N3O3/c1-3-13(15(20)21)18(2)9-8-14(19)17-12-7-5-4-6-11(12)10-16/h4-7,13H,3,8-9H2,1-2H3,(H,17,19)(H,20,21). The minimum atomic E-state index is -0.893. The number of nitrogens with zero attached hydrogens (tertiary/aromatic N) is 2. The van der Waals surface area contributed by atoms with Gasteiger partial charge in [-0.25, -0.2) is 0 Å². The van der Waals surface area contributed by atoms with Gasteiger partial charge >= 0.3 is 5.97 Å². The molecule has 6 heteroatoms. The van der Waals surface area contributed by atoms with Crippen molar-refractivity contribution in [2.75, 3.05) is 18.9 Å². The summed E-state index contributed by atoms with van der Waals surface area (Å²) in [4.78, 5) is 24.5. The zero-order valence-corrected chi connectivity index (χ0v) is 12.2. The van der Waals surface area contributed by atoms with Gasteiger partial charge in [0.1, 0.15) is 12.1 Å². The van der Waals surface area contributed by atoms with Gasteiger partial charge in [0.05, 0.1) is 11.3 Å². The van der Waals surface area contributed by atoms with Crippen LogP contribution in [0, 0.1) is 11.3 Å². The molecule has 0 aromatic heterocycles. The highest BCUT2D eigenvalue weighted by molar-refractivity contribution is 5.92. The third-order valence-corrected chi connectivity index (χ3v) is 3.22. The second kappa shape index (κ2) is 8.02. The molecule has 1 unspecified atom stereocenters. The molecule has 0 fully saturated rings. The van der Waals surface area contributed by atoms with Gasteiger partial charge in [-0.1, -0.05) is 19.1 Å². The van der Waals surface area contributed by atoms with Crippen LogP contribution in [0.1, 0.15) is 25.3 Å².